The van der Waals surface area contributed by atoms with Gasteiger partial charge in [-0.05, 0) is 18.6 Å². The second-order valence-electron chi connectivity index (χ2n) is 3.71. The molecule has 0 atom stereocenters. The van der Waals surface area contributed by atoms with Crippen LogP contribution in [-0.4, -0.2) is 15.0 Å². The Hall–Kier alpha value is -0.160. The lowest BCUT2D eigenvalue weighted by molar-refractivity contribution is 0.306. The minimum Gasteiger partial charge on any atom is -0.490 e. The van der Waals surface area contributed by atoms with Gasteiger partial charge in [-0.2, -0.15) is 0 Å². The van der Waals surface area contributed by atoms with E-state index >= 15 is 0 Å². The molecule has 1 rings (SSSR count). The van der Waals surface area contributed by atoms with Gasteiger partial charge in [-0.1, -0.05) is 43.0 Å². The summed E-state index contributed by atoms with van der Waals surface area (Å²) in [4.78, 5) is -0.139. The molecular formula is C11H13Cl3O3S. The highest BCUT2D eigenvalue weighted by molar-refractivity contribution is 8.13. The molecule has 18 heavy (non-hydrogen) atoms. The highest BCUT2D eigenvalue weighted by Gasteiger charge is 2.16. The third-order valence-corrected chi connectivity index (χ3v) is 4.14. The molecular weight excluding hydrogens is 319 g/mol. The lowest BCUT2D eigenvalue weighted by atomic mass is 10.3. The zero-order valence-electron chi connectivity index (χ0n) is 9.75. The molecule has 0 radical (unpaired) electrons. The fourth-order valence-corrected chi connectivity index (χ4v) is 2.85. The molecule has 1 aromatic rings. The van der Waals surface area contributed by atoms with Crippen molar-refractivity contribution in [2.75, 3.05) is 6.61 Å². The summed E-state index contributed by atoms with van der Waals surface area (Å²) in [5.74, 6) is 0.290. The lowest BCUT2D eigenvalue weighted by Gasteiger charge is -2.10. The van der Waals surface area contributed by atoms with E-state index in [1.165, 1.54) is 12.1 Å². The van der Waals surface area contributed by atoms with Gasteiger partial charge in [-0.25, -0.2) is 8.42 Å². The number of unbranched alkanes of at least 4 members (excludes halogenated alkanes) is 2. The lowest BCUT2D eigenvalue weighted by Crippen LogP contribution is -2.00. The SMILES string of the molecule is CCCCCOc1c(Cl)cc(S(=O)(=O)Cl)cc1Cl. The first-order valence-corrected chi connectivity index (χ1v) is 8.49. The monoisotopic (exact) mass is 330 g/mol. The Balaban J connectivity index is 2.88. The summed E-state index contributed by atoms with van der Waals surface area (Å²) in [7, 11) is 1.37. The summed E-state index contributed by atoms with van der Waals surface area (Å²) >= 11 is 11.8. The summed E-state index contributed by atoms with van der Waals surface area (Å²) < 4.78 is 27.7. The second-order valence-corrected chi connectivity index (χ2v) is 7.09. The van der Waals surface area contributed by atoms with Crippen LogP contribution in [0.5, 0.6) is 5.75 Å². The molecule has 0 heterocycles. The molecule has 0 aliphatic heterocycles. The van der Waals surface area contributed by atoms with Crippen LogP contribution in [0.25, 0.3) is 0 Å². The van der Waals surface area contributed by atoms with Gasteiger partial charge in [0.2, 0.25) is 0 Å². The molecule has 0 N–H and O–H groups in total. The maximum absolute atomic E-state index is 11.2. The van der Waals surface area contributed by atoms with E-state index in [1.807, 2.05) is 0 Å². The van der Waals surface area contributed by atoms with Gasteiger partial charge >= 0.3 is 0 Å². The molecule has 0 aliphatic carbocycles. The zero-order chi connectivity index (χ0) is 13.8. The number of hydrogen-bond donors (Lipinski definition) is 0. The molecule has 0 aliphatic rings. The summed E-state index contributed by atoms with van der Waals surface area (Å²) in [6, 6.07) is 2.45. The quantitative estimate of drug-likeness (QED) is 0.570. The number of ether oxygens (including phenoxy) is 1. The largest absolute Gasteiger partial charge is 0.490 e. The van der Waals surface area contributed by atoms with E-state index in [0.717, 1.165) is 19.3 Å². The molecule has 7 heteroatoms. The minimum atomic E-state index is -3.85. The maximum atomic E-state index is 11.2. The Morgan fingerprint density at radius 1 is 1.17 bits per heavy atom. The van der Waals surface area contributed by atoms with E-state index < -0.39 is 9.05 Å². The third-order valence-electron chi connectivity index (χ3n) is 2.25. The van der Waals surface area contributed by atoms with Gasteiger partial charge in [0.15, 0.2) is 5.75 Å². The van der Waals surface area contributed by atoms with Crippen molar-refractivity contribution in [2.45, 2.75) is 31.1 Å². The first-order valence-electron chi connectivity index (χ1n) is 5.42. The van der Waals surface area contributed by atoms with E-state index in [2.05, 4.69) is 6.92 Å². The molecule has 0 amide bonds. The summed E-state index contributed by atoms with van der Waals surface area (Å²) in [5.41, 5.74) is 0. The fourth-order valence-electron chi connectivity index (χ4n) is 1.34. The maximum Gasteiger partial charge on any atom is 0.261 e. The molecule has 0 spiro atoms. The summed E-state index contributed by atoms with van der Waals surface area (Å²) in [6.07, 6.45) is 3.01. The zero-order valence-corrected chi connectivity index (χ0v) is 12.8. The molecule has 3 nitrogen and oxygen atoms in total. The predicted octanol–water partition coefficient (Wildman–Crippen LogP) is 4.49. The van der Waals surface area contributed by atoms with Crippen molar-refractivity contribution in [3.8, 4) is 5.75 Å². The predicted molar refractivity (Wildman–Crippen MR) is 74.5 cm³/mol. The van der Waals surface area contributed by atoms with Crippen LogP contribution in [0.2, 0.25) is 10.0 Å². The average molecular weight is 332 g/mol. The number of benzene rings is 1. The van der Waals surface area contributed by atoms with Crippen LogP contribution in [0.3, 0.4) is 0 Å². The van der Waals surface area contributed by atoms with Crippen molar-refractivity contribution in [1.29, 1.82) is 0 Å². The van der Waals surface area contributed by atoms with Crippen LogP contribution in [0.1, 0.15) is 26.2 Å². The van der Waals surface area contributed by atoms with Gasteiger partial charge < -0.3 is 4.74 Å². The van der Waals surface area contributed by atoms with Crippen LogP contribution in [0, 0.1) is 0 Å². The standard InChI is InChI=1S/C11H13Cl3O3S/c1-2-3-4-5-17-11-9(12)6-8(7-10(11)13)18(14,15)16/h6-7H,2-5H2,1H3. The van der Waals surface area contributed by atoms with Crippen molar-refractivity contribution < 1.29 is 13.2 Å². The summed E-state index contributed by atoms with van der Waals surface area (Å²) in [5, 5.41) is 0.274. The van der Waals surface area contributed by atoms with Crippen LogP contribution in [-0.2, 0) is 9.05 Å². The first-order chi connectivity index (χ1) is 8.36. The molecule has 102 valence electrons. The van der Waals surface area contributed by atoms with Gasteiger partial charge in [0.25, 0.3) is 9.05 Å². The molecule has 0 unspecified atom stereocenters. The topological polar surface area (TPSA) is 43.4 Å². The Kier molecular flexibility index (Phi) is 6.05. The van der Waals surface area contributed by atoms with E-state index in [4.69, 9.17) is 38.6 Å². The first kappa shape index (κ1) is 15.9. The molecule has 0 bridgehead atoms. The van der Waals surface area contributed by atoms with Crippen LogP contribution in [0.15, 0.2) is 17.0 Å². The Bertz CT molecular complexity index is 491. The van der Waals surface area contributed by atoms with Gasteiger partial charge in [-0.15, -0.1) is 0 Å². The van der Waals surface area contributed by atoms with Crippen molar-refractivity contribution in [2.24, 2.45) is 0 Å². The van der Waals surface area contributed by atoms with E-state index in [0.29, 0.717) is 12.4 Å². The highest BCUT2D eigenvalue weighted by Crippen LogP contribution is 2.36. The van der Waals surface area contributed by atoms with Crippen molar-refractivity contribution in [1.82, 2.24) is 0 Å². The van der Waals surface area contributed by atoms with Crippen LogP contribution >= 0.6 is 33.9 Å². The Morgan fingerprint density at radius 3 is 2.17 bits per heavy atom. The number of halogens is 3. The van der Waals surface area contributed by atoms with Gasteiger partial charge in [0.1, 0.15) is 0 Å². The van der Waals surface area contributed by atoms with Crippen molar-refractivity contribution in [3.63, 3.8) is 0 Å². The van der Waals surface area contributed by atoms with Crippen LogP contribution < -0.4 is 4.74 Å². The van der Waals surface area contributed by atoms with E-state index in [-0.39, 0.29) is 14.9 Å². The highest BCUT2D eigenvalue weighted by atomic mass is 35.7. The van der Waals surface area contributed by atoms with Crippen LogP contribution in [0.4, 0.5) is 0 Å². The Morgan fingerprint density at radius 2 is 1.72 bits per heavy atom. The second kappa shape index (κ2) is 6.85. The molecule has 0 fully saturated rings. The average Bonchev–Trinajstić information content (AvgIpc) is 2.25. The summed E-state index contributed by atoms with van der Waals surface area (Å²) in [6.45, 7) is 2.57. The van der Waals surface area contributed by atoms with Crippen molar-refractivity contribution in [3.05, 3.63) is 22.2 Å². The molecule has 1 aromatic carbocycles. The Labute approximate surface area is 121 Å². The fraction of sp³-hybridized carbons (Fsp3) is 0.455. The van der Waals surface area contributed by atoms with Gasteiger partial charge in [0.05, 0.1) is 21.5 Å². The van der Waals surface area contributed by atoms with E-state index in [1.54, 1.807) is 0 Å². The number of hydrogen-bond acceptors (Lipinski definition) is 3. The number of rotatable bonds is 6. The van der Waals surface area contributed by atoms with E-state index in [9.17, 15) is 8.42 Å². The molecule has 0 aromatic heterocycles. The third kappa shape index (κ3) is 4.50. The smallest absolute Gasteiger partial charge is 0.261 e. The molecule has 0 saturated carbocycles. The molecule has 0 saturated heterocycles. The van der Waals surface area contributed by atoms with Crippen molar-refractivity contribution >= 4 is 42.9 Å². The van der Waals surface area contributed by atoms with Gasteiger partial charge in [0, 0.05) is 10.7 Å². The normalized spacial score (nSPS) is 11.6. The minimum absolute atomic E-state index is 0.137. The van der Waals surface area contributed by atoms with Gasteiger partial charge in [-0.3, -0.25) is 0 Å².